The second kappa shape index (κ2) is 5.92. The standard InChI is InChI=1S/C18H26N2O2/c1-3-8-18(2,11-21)20-17(22)19-10-15-14-9-12-6-4-5-7-13(12)16(14)15/h4-7,14-16,21H,3,8-11H2,1-2H3,(H2,19,20,22). The summed E-state index contributed by atoms with van der Waals surface area (Å²) in [7, 11) is 0. The lowest BCUT2D eigenvalue weighted by atomic mass is 9.97. The largest absolute Gasteiger partial charge is 0.394 e. The van der Waals surface area contributed by atoms with E-state index >= 15 is 0 Å². The molecule has 2 aliphatic carbocycles. The van der Waals surface area contributed by atoms with E-state index in [0.29, 0.717) is 17.8 Å². The first-order chi connectivity index (χ1) is 10.6. The molecule has 1 aromatic rings. The molecule has 2 aliphatic rings. The first-order valence-electron chi connectivity index (χ1n) is 8.32. The number of aliphatic hydroxyl groups is 1. The molecule has 0 radical (unpaired) electrons. The van der Waals surface area contributed by atoms with Crippen LogP contribution >= 0.6 is 0 Å². The monoisotopic (exact) mass is 302 g/mol. The summed E-state index contributed by atoms with van der Waals surface area (Å²) in [5.74, 6) is 1.92. The number of amides is 2. The van der Waals surface area contributed by atoms with Crippen molar-refractivity contribution >= 4 is 6.03 Å². The van der Waals surface area contributed by atoms with Crippen molar-refractivity contribution in [3.8, 4) is 0 Å². The molecule has 1 saturated carbocycles. The maximum absolute atomic E-state index is 12.1. The second-order valence-electron chi connectivity index (χ2n) is 7.06. The van der Waals surface area contributed by atoms with Gasteiger partial charge in [-0.1, -0.05) is 37.6 Å². The zero-order chi connectivity index (χ0) is 15.7. The van der Waals surface area contributed by atoms with Crippen molar-refractivity contribution in [1.82, 2.24) is 10.6 Å². The lowest BCUT2D eigenvalue weighted by Crippen LogP contribution is -2.52. The predicted octanol–water partition coefficient (Wildman–Crippen LogP) is 2.42. The van der Waals surface area contributed by atoms with Gasteiger partial charge in [0.15, 0.2) is 0 Å². The molecule has 1 aromatic carbocycles. The van der Waals surface area contributed by atoms with Gasteiger partial charge in [-0.3, -0.25) is 0 Å². The molecule has 4 unspecified atom stereocenters. The molecule has 0 spiro atoms. The average Bonchev–Trinajstić information content (AvgIpc) is 3.04. The van der Waals surface area contributed by atoms with Crippen molar-refractivity contribution < 1.29 is 9.90 Å². The second-order valence-corrected chi connectivity index (χ2v) is 7.06. The summed E-state index contributed by atoms with van der Waals surface area (Å²) in [5.41, 5.74) is 2.44. The van der Waals surface area contributed by atoms with Crippen LogP contribution in [0.15, 0.2) is 24.3 Å². The minimum Gasteiger partial charge on any atom is -0.394 e. The molecule has 2 amide bonds. The van der Waals surface area contributed by atoms with Crippen LogP contribution in [-0.2, 0) is 6.42 Å². The van der Waals surface area contributed by atoms with Crippen molar-refractivity contribution in [1.29, 1.82) is 0 Å². The van der Waals surface area contributed by atoms with Gasteiger partial charge in [0.2, 0.25) is 0 Å². The van der Waals surface area contributed by atoms with E-state index in [0.717, 1.165) is 25.8 Å². The number of urea groups is 1. The number of hydrogen-bond acceptors (Lipinski definition) is 2. The number of carbonyl (C=O) groups is 1. The molecule has 3 rings (SSSR count). The third-order valence-electron chi connectivity index (χ3n) is 5.27. The highest BCUT2D eigenvalue weighted by molar-refractivity contribution is 5.74. The molecule has 4 nitrogen and oxygen atoms in total. The maximum atomic E-state index is 12.1. The van der Waals surface area contributed by atoms with Crippen LogP contribution in [0.5, 0.6) is 0 Å². The Labute approximate surface area is 132 Å². The summed E-state index contributed by atoms with van der Waals surface area (Å²) >= 11 is 0. The minimum absolute atomic E-state index is 0.0314. The number of nitrogens with one attached hydrogen (secondary N) is 2. The van der Waals surface area contributed by atoms with E-state index in [1.165, 1.54) is 11.1 Å². The van der Waals surface area contributed by atoms with Crippen LogP contribution < -0.4 is 10.6 Å². The fourth-order valence-electron chi connectivity index (χ4n) is 4.02. The van der Waals surface area contributed by atoms with E-state index in [9.17, 15) is 9.90 Å². The zero-order valence-corrected chi connectivity index (χ0v) is 13.4. The molecule has 0 heterocycles. The summed E-state index contributed by atoms with van der Waals surface area (Å²) in [6, 6.07) is 8.49. The Bertz CT molecular complexity index is 560. The predicted molar refractivity (Wildman–Crippen MR) is 86.8 cm³/mol. The Hall–Kier alpha value is -1.55. The van der Waals surface area contributed by atoms with Gasteiger partial charge in [-0.05, 0) is 48.6 Å². The topological polar surface area (TPSA) is 61.4 Å². The minimum atomic E-state index is -0.523. The van der Waals surface area contributed by atoms with Crippen molar-refractivity contribution in [3.05, 3.63) is 35.4 Å². The number of fused-ring (bicyclic) bond motifs is 3. The van der Waals surface area contributed by atoms with Crippen LogP contribution in [-0.4, -0.2) is 29.8 Å². The van der Waals surface area contributed by atoms with Gasteiger partial charge in [0.1, 0.15) is 0 Å². The molecule has 3 N–H and O–H groups in total. The summed E-state index contributed by atoms with van der Waals surface area (Å²) in [5, 5.41) is 15.4. The van der Waals surface area contributed by atoms with Crippen LogP contribution in [0, 0.1) is 11.8 Å². The van der Waals surface area contributed by atoms with Crippen molar-refractivity contribution in [2.75, 3.05) is 13.2 Å². The van der Waals surface area contributed by atoms with E-state index in [2.05, 4.69) is 41.8 Å². The highest BCUT2D eigenvalue weighted by Crippen LogP contribution is 2.60. The molecular weight excluding hydrogens is 276 g/mol. The van der Waals surface area contributed by atoms with Gasteiger partial charge >= 0.3 is 6.03 Å². The number of carbonyl (C=O) groups excluding carboxylic acids is 1. The van der Waals surface area contributed by atoms with Crippen molar-refractivity contribution in [3.63, 3.8) is 0 Å². The molecule has 120 valence electrons. The van der Waals surface area contributed by atoms with E-state index in [1.807, 2.05) is 6.92 Å². The third kappa shape index (κ3) is 2.84. The Kier molecular flexibility index (Phi) is 4.13. The van der Waals surface area contributed by atoms with Crippen LogP contribution in [0.3, 0.4) is 0 Å². The summed E-state index contributed by atoms with van der Waals surface area (Å²) < 4.78 is 0. The average molecular weight is 302 g/mol. The van der Waals surface area contributed by atoms with Crippen LogP contribution in [0.2, 0.25) is 0 Å². The molecule has 0 aliphatic heterocycles. The Morgan fingerprint density at radius 1 is 1.41 bits per heavy atom. The SMILES string of the molecule is CCCC(C)(CO)NC(=O)NCC1C2Cc3ccccc3C12. The van der Waals surface area contributed by atoms with Crippen LogP contribution in [0.1, 0.15) is 43.7 Å². The molecule has 4 heteroatoms. The fraction of sp³-hybridized carbons (Fsp3) is 0.611. The van der Waals surface area contributed by atoms with Gasteiger partial charge in [-0.2, -0.15) is 0 Å². The van der Waals surface area contributed by atoms with Crippen molar-refractivity contribution in [2.45, 2.75) is 44.6 Å². The van der Waals surface area contributed by atoms with E-state index in [1.54, 1.807) is 0 Å². The number of aliphatic hydroxyl groups excluding tert-OH is 1. The molecule has 0 aromatic heterocycles. The number of benzene rings is 1. The van der Waals surface area contributed by atoms with Gasteiger partial charge < -0.3 is 15.7 Å². The Morgan fingerprint density at radius 2 is 2.18 bits per heavy atom. The smallest absolute Gasteiger partial charge is 0.315 e. The number of rotatable bonds is 6. The number of hydrogen-bond donors (Lipinski definition) is 3. The Balaban J connectivity index is 1.48. The lowest BCUT2D eigenvalue weighted by Gasteiger charge is -2.28. The summed E-state index contributed by atoms with van der Waals surface area (Å²) in [6.07, 6.45) is 2.86. The van der Waals surface area contributed by atoms with E-state index < -0.39 is 5.54 Å². The maximum Gasteiger partial charge on any atom is 0.315 e. The third-order valence-corrected chi connectivity index (χ3v) is 5.27. The summed E-state index contributed by atoms with van der Waals surface area (Å²) in [4.78, 5) is 12.1. The first kappa shape index (κ1) is 15.3. The quantitative estimate of drug-likeness (QED) is 0.756. The highest BCUT2D eigenvalue weighted by atomic mass is 16.3. The molecular formula is C18H26N2O2. The molecule has 22 heavy (non-hydrogen) atoms. The van der Waals surface area contributed by atoms with Gasteiger partial charge in [0.05, 0.1) is 12.1 Å². The normalized spacial score (nSPS) is 27.5. The zero-order valence-electron chi connectivity index (χ0n) is 13.4. The lowest BCUT2D eigenvalue weighted by molar-refractivity contribution is 0.163. The molecule has 0 bridgehead atoms. The Morgan fingerprint density at radius 3 is 2.91 bits per heavy atom. The molecule has 0 saturated heterocycles. The molecule has 1 fully saturated rings. The fourth-order valence-corrected chi connectivity index (χ4v) is 4.02. The van der Waals surface area contributed by atoms with Crippen molar-refractivity contribution in [2.24, 2.45) is 11.8 Å². The van der Waals surface area contributed by atoms with Gasteiger partial charge in [-0.15, -0.1) is 0 Å². The highest BCUT2D eigenvalue weighted by Gasteiger charge is 2.55. The van der Waals surface area contributed by atoms with E-state index in [-0.39, 0.29) is 12.6 Å². The van der Waals surface area contributed by atoms with Crippen LogP contribution in [0.4, 0.5) is 4.79 Å². The van der Waals surface area contributed by atoms with Gasteiger partial charge in [0, 0.05) is 6.54 Å². The van der Waals surface area contributed by atoms with Crippen LogP contribution in [0.25, 0.3) is 0 Å². The van der Waals surface area contributed by atoms with Gasteiger partial charge in [-0.25, -0.2) is 4.79 Å². The molecule has 4 atom stereocenters. The summed E-state index contributed by atoms with van der Waals surface area (Å²) in [6.45, 7) is 4.63. The van der Waals surface area contributed by atoms with Gasteiger partial charge in [0.25, 0.3) is 0 Å². The van der Waals surface area contributed by atoms with E-state index in [4.69, 9.17) is 0 Å². The first-order valence-corrected chi connectivity index (χ1v) is 8.32.